The smallest absolute Gasteiger partial charge is 0.343 e. The fourth-order valence-corrected chi connectivity index (χ4v) is 2.69. The highest BCUT2D eigenvalue weighted by molar-refractivity contribution is 6.02. The number of hydrogen-bond acceptors (Lipinski definition) is 6. The Bertz CT molecular complexity index is 1090. The third-order valence-corrected chi connectivity index (χ3v) is 4.42. The van der Waals surface area contributed by atoms with Crippen LogP contribution < -0.4 is 15.2 Å². The van der Waals surface area contributed by atoms with E-state index in [1.54, 1.807) is 48.5 Å². The van der Waals surface area contributed by atoms with Gasteiger partial charge in [0.15, 0.2) is 5.78 Å². The Labute approximate surface area is 174 Å². The van der Waals surface area contributed by atoms with Crippen LogP contribution in [0, 0.1) is 13.8 Å². The summed E-state index contributed by atoms with van der Waals surface area (Å²) in [5.41, 5.74) is 8.30. The highest BCUT2D eigenvalue weighted by atomic mass is 16.5. The Balaban J connectivity index is 1.83. The molecule has 0 bridgehead atoms. The molecule has 2 N–H and O–H groups in total. The van der Waals surface area contributed by atoms with Gasteiger partial charge in [-0.05, 0) is 56.3 Å². The number of Topliss-reactive ketones (excluding diaryl/α,β-unsaturated/α-hetero) is 1. The van der Waals surface area contributed by atoms with Crippen molar-refractivity contribution in [2.75, 3.05) is 6.54 Å². The van der Waals surface area contributed by atoms with Crippen molar-refractivity contribution in [2.45, 2.75) is 13.8 Å². The fourth-order valence-electron chi connectivity index (χ4n) is 2.69. The second-order valence-corrected chi connectivity index (χ2v) is 6.80. The molecule has 0 saturated carbocycles. The lowest BCUT2D eigenvalue weighted by molar-refractivity contribution is 0.0716. The Hall–Kier alpha value is -3.77. The molecule has 6 nitrogen and oxygen atoms in total. The number of ketones is 1. The van der Waals surface area contributed by atoms with Crippen LogP contribution in [0.15, 0.2) is 66.7 Å². The van der Waals surface area contributed by atoms with Crippen molar-refractivity contribution in [3.8, 4) is 11.5 Å². The van der Waals surface area contributed by atoms with Crippen LogP contribution >= 0.6 is 0 Å². The Morgan fingerprint density at radius 1 is 0.733 bits per heavy atom. The minimum atomic E-state index is -0.606. The van der Waals surface area contributed by atoms with Gasteiger partial charge in [0.2, 0.25) is 0 Å². The molecule has 0 aliphatic heterocycles. The van der Waals surface area contributed by atoms with Crippen molar-refractivity contribution in [1.29, 1.82) is 0 Å². The first-order valence-electron chi connectivity index (χ1n) is 9.32. The predicted octanol–water partition coefficient (Wildman–Crippen LogP) is 3.88. The molecule has 0 radical (unpaired) electrons. The number of ether oxygens (including phenoxy) is 2. The monoisotopic (exact) mass is 403 g/mol. The van der Waals surface area contributed by atoms with E-state index in [2.05, 4.69) is 0 Å². The van der Waals surface area contributed by atoms with Gasteiger partial charge in [-0.1, -0.05) is 35.4 Å². The van der Waals surface area contributed by atoms with Crippen molar-refractivity contribution in [2.24, 2.45) is 5.73 Å². The number of carbonyl (C=O) groups is 3. The van der Waals surface area contributed by atoms with E-state index in [-0.39, 0.29) is 23.6 Å². The number of esters is 2. The van der Waals surface area contributed by atoms with E-state index in [0.29, 0.717) is 11.1 Å². The van der Waals surface area contributed by atoms with Crippen molar-refractivity contribution in [1.82, 2.24) is 0 Å². The summed E-state index contributed by atoms with van der Waals surface area (Å²) in [6, 6.07) is 18.0. The zero-order valence-electron chi connectivity index (χ0n) is 16.7. The SMILES string of the molecule is Cc1ccc(C(=O)Oc2ccc(OC(=O)c3ccc(C)cc3)c(C(=O)CN)c2)cc1. The highest BCUT2D eigenvalue weighted by Gasteiger charge is 2.18. The molecule has 6 heteroatoms. The van der Waals surface area contributed by atoms with E-state index in [1.165, 1.54) is 18.2 Å². The summed E-state index contributed by atoms with van der Waals surface area (Å²) in [7, 11) is 0. The van der Waals surface area contributed by atoms with E-state index in [9.17, 15) is 14.4 Å². The average molecular weight is 403 g/mol. The van der Waals surface area contributed by atoms with Gasteiger partial charge < -0.3 is 15.2 Å². The van der Waals surface area contributed by atoms with Gasteiger partial charge in [-0.2, -0.15) is 0 Å². The number of nitrogens with two attached hydrogens (primary N) is 1. The zero-order chi connectivity index (χ0) is 21.7. The van der Waals surface area contributed by atoms with Gasteiger partial charge in [0.05, 0.1) is 23.2 Å². The normalized spacial score (nSPS) is 10.4. The number of hydrogen-bond donors (Lipinski definition) is 1. The average Bonchev–Trinajstić information content (AvgIpc) is 2.75. The molecule has 3 aromatic rings. The Kier molecular flexibility index (Phi) is 6.39. The first-order valence-corrected chi connectivity index (χ1v) is 9.32. The van der Waals surface area contributed by atoms with Crippen LogP contribution in [0.25, 0.3) is 0 Å². The lowest BCUT2D eigenvalue weighted by Crippen LogP contribution is -2.17. The van der Waals surface area contributed by atoms with Crippen LogP contribution in [0.4, 0.5) is 0 Å². The molecule has 0 heterocycles. The van der Waals surface area contributed by atoms with Crippen LogP contribution in [0.2, 0.25) is 0 Å². The van der Waals surface area contributed by atoms with E-state index in [0.717, 1.165) is 11.1 Å². The molecule has 0 unspecified atom stereocenters. The van der Waals surface area contributed by atoms with E-state index >= 15 is 0 Å². The minimum Gasteiger partial charge on any atom is -0.423 e. The molecule has 0 aromatic heterocycles. The van der Waals surface area contributed by atoms with Gasteiger partial charge in [-0.25, -0.2) is 9.59 Å². The predicted molar refractivity (Wildman–Crippen MR) is 112 cm³/mol. The van der Waals surface area contributed by atoms with Crippen LogP contribution in [0.1, 0.15) is 42.2 Å². The quantitative estimate of drug-likeness (QED) is 0.381. The molecule has 30 heavy (non-hydrogen) atoms. The first-order chi connectivity index (χ1) is 14.4. The fraction of sp³-hybridized carbons (Fsp3) is 0.125. The van der Waals surface area contributed by atoms with Gasteiger partial charge in [0.25, 0.3) is 0 Å². The molecule has 0 aliphatic rings. The molecule has 0 atom stereocenters. The molecule has 0 fully saturated rings. The second kappa shape index (κ2) is 9.15. The molecular weight excluding hydrogens is 382 g/mol. The van der Waals surface area contributed by atoms with Crippen LogP contribution in [-0.2, 0) is 0 Å². The molecule has 3 aromatic carbocycles. The van der Waals surface area contributed by atoms with Gasteiger partial charge in [-0.15, -0.1) is 0 Å². The van der Waals surface area contributed by atoms with Crippen LogP contribution in [0.3, 0.4) is 0 Å². The zero-order valence-corrected chi connectivity index (χ0v) is 16.7. The lowest BCUT2D eigenvalue weighted by atomic mass is 10.1. The van der Waals surface area contributed by atoms with E-state index in [4.69, 9.17) is 15.2 Å². The topological polar surface area (TPSA) is 95.7 Å². The van der Waals surface area contributed by atoms with Crippen molar-refractivity contribution < 1.29 is 23.9 Å². The van der Waals surface area contributed by atoms with Gasteiger partial charge in [0, 0.05) is 0 Å². The Morgan fingerprint density at radius 2 is 1.23 bits per heavy atom. The van der Waals surface area contributed by atoms with Gasteiger partial charge >= 0.3 is 11.9 Å². The highest BCUT2D eigenvalue weighted by Crippen LogP contribution is 2.26. The summed E-state index contributed by atoms with van der Waals surface area (Å²) >= 11 is 0. The molecular formula is C24H21NO5. The summed E-state index contributed by atoms with van der Waals surface area (Å²) in [6.45, 7) is 3.53. The molecule has 0 amide bonds. The number of benzene rings is 3. The summed E-state index contributed by atoms with van der Waals surface area (Å²) in [4.78, 5) is 37.0. The largest absolute Gasteiger partial charge is 0.423 e. The summed E-state index contributed by atoms with van der Waals surface area (Å²) < 4.78 is 10.8. The summed E-state index contributed by atoms with van der Waals surface area (Å²) in [5.74, 6) is -1.43. The van der Waals surface area contributed by atoms with Crippen molar-refractivity contribution in [3.05, 3.63) is 94.5 Å². The maximum atomic E-state index is 12.4. The third kappa shape index (κ3) is 4.98. The number of rotatable bonds is 6. The molecule has 152 valence electrons. The summed E-state index contributed by atoms with van der Waals surface area (Å²) in [5, 5.41) is 0. The van der Waals surface area contributed by atoms with Gasteiger partial charge in [-0.3, -0.25) is 4.79 Å². The lowest BCUT2D eigenvalue weighted by Gasteiger charge is -2.11. The standard InChI is InChI=1S/C24H21NO5/c1-15-3-7-17(8-4-15)23(27)29-19-11-12-22(20(13-19)21(26)14-25)30-24(28)18-9-5-16(2)6-10-18/h3-13H,14,25H2,1-2H3. The first kappa shape index (κ1) is 21.0. The molecule has 0 aliphatic carbocycles. The number of aryl methyl sites for hydroxylation is 2. The molecule has 0 saturated heterocycles. The number of carbonyl (C=O) groups excluding carboxylic acids is 3. The molecule has 0 spiro atoms. The maximum absolute atomic E-state index is 12.4. The van der Waals surface area contributed by atoms with E-state index in [1.807, 2.05) is 13.8 Å². The van der Waals surface area contributed by atoms with Gasteiger partial charge in [0.1, 0.15) is 11.5 Å². The van der Waals surface area contributed by atoms with Crippen LogP contribution in [0.5, 0.6) is 11.5 Å². The molecule has 3 rings (SSSR count). The van der Waals surface area contributed by atoms with Crippen molar-refractivity contribution >= 4 is 17.7 Å². The maximum Gasteiger partial charge on any atom is 0.343 e. The van der Waals surface area contributed by atoms with Crippen molar-refractivity contribution in [3.63, 3.8) is 0 Å². The minimum absolute atomic E-state index is 0.0474. The second-order valence-electron chi connectivity index (χ2n) is 6.80. The summed E-state index contributed by atoms with van der Waals surface area (Å²) in [6.07, 6.45) is 0. The third-order valence-electron chi connectivity index (χ3n) is 4.42. The van der Waals surface area contributed by atoms with E-state index < -0.39 is 17.7 Å². The Morgan fingerprint density at radius 3 is 1.73 bits per heavy atom. The van der Waals surface area contributed by atoms with Crippen LogP contribution in [-0.4, -0.2) is 24.3 Å².